The van der Waals surface area contributed by atoms with Crippen LogP contribution in [0.4, 0.5) is 0 Å². The molecule has 0 spiro atoms. The van der Waals surface area contributed by atoms with Crippen LogP contribution in [0.15, 0.2) is 0 Å². The van der Waals surface area contributed by atoms with Gasteiger partial charge < -0.3 is 5.11 Å². The summed E-state index contributed by atoms with van der Waals surface area (Å²) in [5.41, 5.74) is -5.57. The molecule has 0 aliphatic carbocycles. The van der Waals surface area contributed by atoms with Crippen molar-refractivity contribution in [2.75, 3.05) is 0 Å². The van der Waals surface area contributed by atoms with Gasteiger partial charge in [-0.05, 0) is 0 Å². The third-order valence-corrected chi connectivity index (χ3v) is 2.82. The minimum Gasteiger partial charge on any atom is -0.392 e. The first kappa shape index (κ1) is 17.6. The Hall–Kier alpha value is -2.44. The highest BCUT2D eigenvalue weighted by Crippen LogP contribution is 2.24. The molecule has 0 aliphatic heterocycles. The van der Waals surface area contributed by atoms with E-state index in [1.165, 1.54) is 0 Å². The van der Waals surface area contributed by atoms with Crippen LogP contribution in [0.5, 0.6) is 0 Å². The van der Waals surface area contributed by atoms with Gasteiger partial charge in [0.1, 0.15) is 12.8 Å². The van der Waals surface area contributed by atoms with Crippen LogP contribution in [0.2, 0.25) is 0 Å². The van der Waals surface area contributed by atoms with E-state index in [0.29, 0.717) is 13.8 Å². The zero-order valence-corrected chi connectivity index (χ0v) is 10.5. The van der Waals surface area contributed by atoms with E-state index in [9.17, 15) is 45.6 Å². The molecule has 0 aromatic heterocycles. The van der Waals surface area contributed by atoms with Crippen LogP contribution in [-0.2, 0) is 0 Å². The third-order valence-electron chi connectivity index (χ3n) is 2.82. The van der Waals surface area contributed by atoms with Crippen LogP contribution in [-0.4, -0.2) is 42.2 Å². The van der Waals surface area contributed by atoms with Crippen LogP contribution in [0, 0.1) is 40.5 Å². The molecule has 0 bridgehead atoms. The van der Waals surface area contributed by atoms with Crippen molar-refractivity contribution >= 4 is 0 Å². The zero-order chi connectivity index (χ0) is 16.3. The maximum atomic E-state index is 10.6. The Balaban J connectivity index is 5.16. The van der Waals surface area contributed by atoms with Crippen LogP contribution in [0.1, 0.15) is 26.7 Å². The Kier molecular flexibility index (Phi) is 4.99. The quantitative estimate of drug-likeness (QED) is 0.354. The van der Waals surface area contributed by atoms with Crippen molar-refractivity contribution in [2.45, 2.75) is 44.1 Å². The Bertz CT molecular complexity index is 382. The van der Waals surface area contributed by atoms with E-state index in [1.807, 2.05) is 0 Å². The van der Waals surface area contributed by atoms with E-state index in [0.717, 1.165) is 0 Å². The fraction of sp³-hybridized carbons (Fsp3) is 1.00. The lowest BCUT2D eigenvalue weighted by Crippen LogP contribution is -2.50. The second kappa shape index (κ2) is 5.68. The lowest BCUT2D eigenvalue weighted by atomic mass is 9.97. The second-order valence-electron chi connectivity index (χ2n) is 4.52. The van der Waals surface area contributed by atoms with Crippen LogP contribution in [0.25, 0.3) is 0 Å². The number of nitrogens with zero attached hydrogens (tertiary/aromatic N) is 4. The van der Waals surface area contributed by atoms with E-state index < -0.39 is 50.0 Å². The van der Waals surface area contributed by atoms with E-state index in [1.54, 1.807) is 0 Å². The number of hydrogen-bond acceptors (Lipinski definition) is 9. The first-order chi connectivity index (χ1) is 8.87. The molecule has 13 heteroatoms. The summed E-state index contributed by atoms with van der Waals surface area (Å²) in [4.78, 5) is 37.4. The van der Waals surface area contributed by atoms with Crippen LogP contribution in [0.3, 0.4) is 0 Å². The SMILES string of the molecule is CC(CC(O)CC(C)([N+](=O)[O-])[N+](=O)[O-])([N+](=O)[O-])[N+](=O)[O-]. The van der Waals surface area contributed by atoms with Crippen molar-refractivity contribution in [1.82, 2.24) is 0 Å². The van der Waals surface area contributed by atoms with Gasteiger partial charge in [0.2, 0.25) is 0 Å². The average molecular weight is 296 g/mol. The fourth-order valence-electron chi connectivity index (χ4n) is 1.40. The summed E-state index contributed by atoms with van der Waals surface area (Å²) in [5.74, 6) is 0. The van der Waals surface area contributed by atoms with Gasteiger partial charge in [0.15, 0.2) is 0 Å². The second-order valence-corrected chi connectivity index (χ2v) is 4.52. The van der Waals surface area contributed by atoms with Crippen molar-refractivity contribution in [1.29, 1.82) is 0 Å². The minimum atomic E-state index is -2.78. The molecule has 0 fully saturated rings. The summed E-state index contributed by atoms with van der Waals surface area (Å²) in [5, 5.41) is 52.0. The molecule has 0 aromatic carbocycles. The monoisotopic (exact) mass is 296 g/mol. The Morgan fingerprint density at radius 1 is 0.800 bits per heavy atom. The largest absolute Gasteiger partial charge is 0.458 e. The van der Waals surface area contributed by atoms with E-state index in [4.69, 9.17) is 0 Å². The highest BCUT2D eigenvalue weighted by Gasteiger charge is 2.57. The van der Waals surface area contributed by atoms with Crippen molar-refractivity contribution in [3.05, 3.63) is 40.5 Å². The van der Waals surface area contributed by atoms with Gasteiger partial charge in [0, 0.05) is 0 Å². The molecular formula is C7H12N4O9. The average Bonchev–Trinajstić information content (AvgIpc) is 2.27. The van der Waals surface area contributed by atoms with E-state index in [2.05, 4.69) is 0 Å². The highest BCUT2D eigenvalue weighted by atomic mass is 16.7. The van der Waals surface area contributed by atoms with Crippen molar-refractivity contribution < 1.29 is 24.8 Å². The maximum absolute atomic E-state index is 10.6. The standard InChI is InChI=1S/C7H12N4O9/c1-6(8(13)14,9(15)16)3-5(12)4-7(2,10(17)18)11(19)20/h5,12H,3-4H2,1-2H3. The molecule has 0 saturated heterocycles. The van der Waals surface area contributed by atoms with Gasteiger partial charge >= 0.3 is 11.3 Å². The molecule has 0 unspecified atom stereocenters. The fourth-order valence-corrected chi connectivity index (χ4v) is 1.40. The van der Waals surface area contributed by atoms with Gasteiger partial charge in [-0.1, -0.05) is 0 Å². The molecule has 0 heterocycles. The number of aliphatic hydroxyl groups is 1. The van der Waals surface area contributed by atoms with Crippen LogP contribution < -0.4 is 0 Å². The van der Waals surface area contributed by atoms with Gasteiger partial charge in [-0.15, -0.1) is 0 Å². The predicted molar refractivity (Wildman–Crippen MR) is 60.0 cm³/mol. The first-order valence-electron chi connectivity index (χ1n) is 5.14. The van der Waals surface area contributed by atoms with Gasteiger partial charge in [-0.3, -0.25) is 40.5 Å². The molecule has 0 saturated carbocycles. The van der Waals surface area contributed by atoms with Crippen molar-refractivity contribution in [3.8, 4) is 0 Å². The summed E-state index contributed by atoms with van der Waals surface area (Å²) in [6, 6.07) is 0. The molecule has 0 rings (SSSR count). The first-order valence-corrected chi connectivity index (χ1v) is 5.14. The predicted octanol–water partition coefficient (Wildman–Crippen LogP) is -0.333. The molecule has 13 nitrogen and oxygen atoms in total. The lowest BCUT2D eigenvalue weighted by Gasteiger charge is -2.19. The van der Waals surface area contributed by atoms with Gasteiger partial charge in [-0.2, -0.15) is 0 Å². The summed E-state index contributed by atoms with van der Waals surface area (Å²) in [7, 11) is 0. The van der Waals surface area contributed by atoms with Gasteiger partial charge in [0.25, 0.3) is 0 Å². The molecule has 0 radical (unpaired) electrons. The summed E-state index contributed by atoms with van der Waals surface area (Å²) in [6.45, 7) is 1.21. The lowest BCUT2D eigenvalue weighted by molar-refractivity contribution is -0.800. The molecule has 20 heavy (non-hydrogen) atoms. The van der Waals surface area contributed by atoms with Gasteiger partial charge in [-0.25, -0.2) is 0 Å². The Morgan fingerprint density at radius 2 is 1.00 bits per heavy atom. The summed E-state index contributed by atoms with van der Waals surface area (Å²) >= 11 is 0. The highest BCUT2D eigenvalue weighted by molar-refractivity contribution is 4.73. The smallest absolute Gasteiger partial charge is 0.392 e. The molecule has 0 aromatic rings. The molecule has 0 amide bonds. The summed E-state index contributed by atoms with van der Waals surface area (Å²) < 4.78 is 0. The molecule has 114 valence electrons. The molecule has 0 atom stereocenters. The molecular weight excluding hydrogens is 284 g/mol. The maximum Gasteiger partial charge on any atom is 0.458 e. The molecule has 0 aliphatic rings. The molecule has 1 N–H and O–H groups in total. The Morgan fingerprint density at radius 3 is 1.15 bits per heavy atom. The van der Waals surface area contributed by atoms with Crippen LogP contribution >= 0.6 is 0 Å². The minimum absolute atomic E-state index is 0.603. The Labute approximate surface area is 110 Å². The van der Waals surface area contributed by atoms with Gasteiger partial charge in [0.05, 0.1) is 39.6 Å². The number of rotatable bonds is 8. The van der Waals surface area contributed by atoms with Crippen molar-refractivity contribution in [3.63, 3.8) is 0 Å². The third kappa shape index (κ3) is 3.31. The number of aliphatic hydroxyl groups excluding tert-OH is 1. The summed E-state index contributed by atoms with van der Waals surface area (Å²) in [6.07, 6.45) is -4.15. The topological polar surface area (TPSA) is 193 Å². The number of hydrogen-bond donors (Lipinski definition) is 1. The van der Waals surface area contributed by atoms with E-state index in [-0.39, 0.29) is 0 Å². The van der Waals surface area contributed by atoms with E-state index >= 15 is 0 Å². The number of nitro groups is 4. The van der Waals surface area contributed by atoms with Crippen molar-refractivity contribution in [2.24, 2.45) is 0 Å². The zero-order valence-electron chi connectivity index (χ0n) is 10.5. The normalized spacial score (nSPS) is 12.2.